The second kappa shape index (κ2) is 9.12. The van der Waals surface area contributed by atoms with Crippen molar-refractivity contribution < 1.29 is 14.3 Å². The average Bonchev–Trinajstić information content (AvgIpc) is 3.20. The van der Waals surface area contributed by atoms with Crippen LogP contribution in [-0.4, -0.2) is 88.8 Å². The van der Waals surface area contributed by atoms with Crippen molar-refractivity contribution in [1.82, 2.24) is 35.7 Å². The number of rotatable bonds is 7. The molecule has 2 aliphatic rings. The fraction of sp³-hybridized carbons (Fsp3) is 0.824. The minimum atomic E-state index is -0.0254. The smallest absolute Gasteiger partial charge is 0.317 e. The molecule has 1 spiro atoms. The van der Waals surface area contributed by atoms with Crippen molar-refractivity contribution in [2.45, 2.75) is 38.5 Å². The van der Waals surface area contributed by atoms with E-state index in [2.05, 4.69) is 25.9 Å². The Bertz CT molecular complexity index is 624. The minimum absolute atomic E-state index is 0.0157. The third-order valence-corrected chi connectivity index (χ3v) is 5.50. The van der Waals surface area contributed by atoms with Gasteiger partial charge < -0.3 is 19.9 Å². The van der Waals surface area contributed by atoms with E-state index in [-0.39, 0.29) is 17.4 Å². The first-order valence-electron chi connectivity index (χ1n) is 9.64. The molecule has 2 aliphatic heterocycles. The molecule has 3 amide bonds. The molecule has 0 bridgehead atoms. The van der Waals surface area contributed by atoms with E-state index in [0.717, 1.165) is 38.8 Å². The van der Waals surface area contributed by atoms with Gasteiger partial charge in [0.15, 0.2) is 5.82 Å². The largest absolute Gasteiger partial charge is 0.383 e. The van der Waals surface area contributed by atoms with Crippen LogP contribution in [-0.2, 0) is 16.0 Å². The van der Waals surface area contributed by atoms with Gasteiger partial charge in [0.2, 0.25) is 5.91 Å². The Morgan fingerprint density at radius 3 is 3.04 bits per heavy atom. The molecule has 0 saturated carbocycles. The van der Waals surface area contributed by atoms with Crippen molar-refractivity contribution in [3.8, 4) is 0 Å². The van der Waals surface area contributed by atoms with E-state index in [0.29, 0.717) is 44.9 Å². The summed E-state index contributed by atoms with van der Waals surface area (Å²) < 4.78 is 5.13. The monoisotopic (exact) mass is 379 g/mol. The van der Waals surface area contributed by atoms with Gasteiger partial charge in [-0.1, -0.05) is 5.21 Å². The third-order valence-electron chi connectivity index (χ3n) is 5.50. The Hall–Kier alpha value is -2.23. The zero-order valence-electron chi connectivity index (χ0n) is 15.9. The molecule has 1 aromatic rings. The van der Waals surface area contributed by atoms with Crippen molar-refractivity contribution in [3.05, 3.63) is 5.82 Å². The molecule has 2 N–H and O–H groups in total. The number of carbonyl (C=O) groups is 2. The summed E-state index contributed by atoms with van der Waals surface area (Å²) in [6.07, 6.45) is 4.90. The van der Waals surface area contributed by atoms with Gasteiger partial charge in [0.25, 0.3) is 0 Å². The van der Waals surface area contributed by atoms with Gasteiger partial charge in [0.05, 0.1) is 6.61 Å². The number of aromatic amines is 1. The highest BCUT2D eigenvalue weighted by Gasteiger charge is 2.42. The van der Waals surface area contributed by atoms with E-state index in [1.54, 1.807) is 7.11 Å². The van der Waals surface area contributed by atoms with E-state index in [9.17, 15) is 9.59 Å². The van der Waals surface area contributed by atoms with Gasteiger partial charge in [-0.15, -0.1) is 10.2 Å². The van der Waals surface area contributed by atoms with Crippen LogP contribution in [0.2, 0.25) is 0 Å². The summed E-state index contributed by atoms with van der Waals surface area (Å²) in [5.74, 6) is 0.852. The molecule has 27 heavy (non-hydrogen) atoms. The Kier molecular flexibility index (Phi) is 6.59. The number of hydrogen-bond donors (Lipinski definition) is 2. The van der Waals surface area contributed by atoms with Crippen LogP contribution in [0.4, 0.5) is 4.79 Å². The van der Waals surface area contributed by atoms with Crippen molar-refractivity contribution in [2.24, 2.45) is 5.41 Å². The summed E-state index contributed by atoms with van der Waals surface area (Å²) in [6, 6.07) is -0.0254. The van der Waals surface area contributed by atoms with Crippen LogP contribution >= 0.6 is 0 Å². The Balaban J connectivity index is 1.47. The lowest BCUT2D eigenvalue weighted by atomic mass is 9.73. The standard InChI is InChI=1S/C17H29N7O3/c1-27-11-10-23-12-17(7-5-15(23)25)6-3-9-24(13-17)16(26)18-8-2-4-14-19-21-22-20-14/h2-13H2,1H3,(H,18,26)(H,19,20,21,22). The van der Waals surface area contributed by atoms with E-state index >= 15 is 0 Å². The van der Waals surface area contributed by atoms with Crippen LogP contribution in [0.3, 0.4) is 0 Å². The fourth-order valence-electron chi connectivity index (χ4n) is 4.06. The highest BCUT2D eigenvalue weighted by Crippen LogP contribution is 2.38. The van der Waals surface area contributed by atoms with Gasteiger partial charge in [-0.2, -0.15) is 5.21 Å². The number of tetrazole rings is 1. The summed E-state index contributed by atoms with van der Waals surface area (Å²) in [4.78, 5) is 28.5. The van der Waals surface area contributed by atoms with Crippen LogP contribution in [0.1, 0.15) is 37.9 Å². The number of amides is 3. The number of aryl methyl sites for hydroxylation is 1. The molecule has 1 aromatic heterocycles. The summed E-state index contributed by atoms with van der Waals surface area (Å²) >= 11 is 0. The van der Waals surface area contributed by atoms with Crippen LogP contribution < -0.4 is 5.32 Å². The number of methoxy groups -OCH3 is 1. The molecular weight excluding hydrogens is 350 g/mol. The fourth-order valence-corrected chi connectivity index (χ4v) is 4.06. The normalized spacial score (nSPS) is 23.1. The first-order valence-corrected chi connectivity index (χ1v) is 9.64. The average molecular weight is 379 g/mol. The molecule has 0 aliphatic carbocycles. The molecule has 10 heteroatoms. The quantitative estimate of drug-likeness (QED) is 0.654. The summed E-state index contributed by atoms with van der Waals surface area (Å²) in [6.45, 7) is 3.95. The maximum atomic E-state index is 12.6. The number of aromatic nitrogens is 4. The van der Waals surface area contributed by atoms with Crippen molar-refractivity contribution in [1.29, 1.82) is 0 Å². The highest BCUT2D eigenvalue weighted by atomic mass is 16.5. The molecule has 0 aromatic carbocycles. The lowest BCUT2D eigenvalue weighted by Gasteiger charge is -2.48. The number of nitrogens with one attached hydrogen (secondary N) is 2. The number of urea groups is 1. The van der Waals surface area contributed by atoms with E-state index in [1.165, 1.54) is 0 Å². The van der Waals surface area contributed by atoms with Gasteiger partial charge in [-0.3, -0.25) is 4.79 Å². The molecule has 1 atom stereocenters. The molecule has 2 fully saturated rings. The summed E-state index contributed by atoms with van der Waals surface area (Å²) in [5.41, 5.74) is 0.0157. The molecule has 10 nitrogen and oxygen atoms in total. The number of H-pyrrole nitrogens is 1. The van der Waals surface area contributed by atoms with Crippen molar-refractivity contribution >= 4 is 11.9 Å². The zero-order chi connectivity index (χ0) is 19.1. The second-order valence-electron chi connectivity index (χ2n) is 7.50. The predicted octanol–water partition coefficient (Wildman–Crippen LogP) is 0.193. The van der Waals surface area contributed by atoms with Crippen LogP contribution in [0, 0.1) is 5.41 Å². The van der Waals surface area contributed by atoms with Crippen LogP contribution in [0.25, 0.3) is 0 Å². The second-order valence-corrected chi connectivity index (χ2v) is 7.50. The molecule has 3 heterocycles. The molecular formula is C17H29N7O3. The highest BCUT2D eigenvalue weighted by molar-refractivity contribution is 5.77. The lowest BCUT2D eigenvalue weighted by Crippen LogP contribution is -2.56. The van der Waals surface area contributed by atoms with Gasteiger partial charge in [0.1, 0.15) is 0 Å². The first-order chi connectivity index (χ1) is 13.1. The van der Waals surface area contributed by atoms with E-state index in [4.69, 9.17) is 4.74 Å². The number of carbonyl (C=O) groups excluding carboxylic acids is 2. The van der Waals surface area contributed by atoms with Gasteiger partial charge in [0, 0.05) is 58.1 Å². The zero-order valence-corrected chi connectivity index (χ0v) is 15.9. The SMILES string of the molecule is COCCN1CC2(CCCN(C(=O)NCCCc3nn[nH]n3)C2)CCC1=O. The van der Waals surface area contributed by atoms with Gasteiger partial charge in [-0.25, -0.2) is 4.79 Å². The Morgan fingerprint density at radius 2 is 2.26 bits per heavy atom. The maximum absolute atomic E-state index is 12.6. The number of piperidine rings is 2. The minimum Gasteiger partial charge on any atom is -0.383 e. The van der Waals surface area contributed by atoms with Crippen molar-refractivity contribution in [2.75, 3.05) is 46.4 Å². The molecule has 2 saturated heterocycles. The van der Waals surface area contributed by atoms with Crippen LogP contribution in [0.15, 0.2) is 0 Å². The van der Waals surface area contributed by atoms with E-state index < -0.39 is 0 Å². The van der Waals surface area contributed by atoms with Crippen molar-refractivity contribution in [3.63, 3.8) is 0 Å². The third kappa shape index (κ3) is 5.15. The molecule has 0 radical (unpaired) electrons. The lowest BCUT2D eigenvalue weighted by molar-refractivity contribution is -0.139. The predicted molar refractivity (Wildman–Crippen MR) is 96.8 cm³/mol. The molecule has 150 valence electrons. The number of hydrogen-bond acceptors (Lipinski definition) is 6. The number of likely N-dealkylation sites (tertiary alicyclic amines) is 2. The summed E-state index contributed by atoms with van der Waals surface area (Å²) in [5, 5.41) is 16.7. The molecule has 1 unspecified atom stereocenters. The topological polar surface area (TPSA) is 116 Å². The van der Waals surface area contributed by atoms with Gasteiger partial charge in [-0.05, 0) is 25.7 Å². The summed E-state index contributed by atoms with van der Waals surface area (Å²) in [7, 11) is 1.65. The number of nitrogens with zero attached hydrogens (tertiary/aromatic N) is 5. The van der Waals surface area contributed by atoms with Gasteiger partial charge >= 0.3 is 6.03 Å². The molecule has 3 rings (SSSR count). The van der Waals surface area contributed by atoms with E-state index in [1.807, 2.05) is 9.80 Å². The Morgan fingerprint density at radius 1 is 1.37 bits per heavy atom. The Labute approximate surface area is 159 Å². The first kappa shape index (κ1) is 19.5. The maximum Gasteiger partial charge on any atom is 0.317 e. The van der Waals surface area contributed by atoms with Crippen LogP contribution in [0.5, 0.6) is 0 Å². The number of ether oxygens (including phenoxy) is 1.